The molecule has 0 aliphatic heterocycles. The van der Waals surface area contributed by atoms with Gasteiger partial charge >= 0.3 is 6.16 Å². The van der Waals surface area contributed by atoms with E-state index in [-0.39, 0.29) is 28.6 Å². The maximum atomic E-state index is 12.8. The second-order valence-electron chi connectivity index (χ2n) is 5.10. The molecule has 24 heavy (non-hydrogen) atoms. The summed E-state index contributed by atoms with van der Waals surface area (Å²) in [7, 11) is 1.55. The van der Waals surface area contributed by atoms with Gasteiger partial charge in [-0.2, -0.15) is 5.10 Å². The first-order valence-electron chi connectivity index (χ1n) is 7.14. The van der Waals surface area contributed by atoms with E-state index < -0.39 is 11.9 Å². The highest BCUT2D eigenvalue weighted by Gasteiger charge is 2.25. The van der Waals surface area contributed by atoms with Crippen molar-refractivity contribution in [3.05, 3.63) is 44.6 Å². The van der Waals surface area contributed by atoms with Crippen LogP contribution >= 0.6 is 23.2 Å². The Kier molecular flexibility index (Phi) is 5.51. The lowest BCUT2D eigenvalue weighted by atomic mass is 10.0. The molecule has 0 amide bonds. The summed E-state index contributed by atoms with van der Waals surface area (Å²) in [6, 6.07) is 1.60. The van der Waals surface area contributed by atoms with E-state index in [0.717, 1.165) is 5.56 Å². The fourth-order valence-electron chi connectivity index (χ4n) is 2.18. The van der Waals surface area contributed by atoms with E-state index in [1.165, 1.54) is 10.9 Å². The van der Waals surface area contributed by atoms with Crippen LogP contribution in [0.15, 0.2) is 12.3 Å². The smallest absolute Gasteiger partial charge is 0.434 e. The Hall–Kier alpha value is -2.05. The standard InChI is InChI=1S/C16H16Cl2N2O4/c1-5-23-16(22)24-15-11(7-19-20(15)4)14(21)10-6-8(2)12(17)9(3)13(10)18/h6-7H,5H2,1-4H3. The first-order valence-corrected chi connectivity index (χ1v) is 7.90. The lowest BCUT2D eigenvalue weighted by Gasteiger charge is -2.11. The molecule has 1 aromatic heterocycles. The Morgan fingerprint density at radius 2 is 1.88 bits per heavy atom. The Bertz CT molecular complexity index is 815. The molecule has 0 saturated carbocycles. The molecule has 0 spiro atoms. The molecule has 0 atom stereocenters. The number of hydrogen-bond acceptors (Lipinski definition) is 5. The zero-order valence-electron chi connectivity index (χ0n) is 13.6. The number of carbonyl (C=O) groups excluding carboxylic acids is 2. The number of aromatic nitrogens is 2. The molecule has 2 aromatic rings. The summed E-state index contributed by atoms with van der Waals surface area (Å²) in [5, 5.41) is 4.72. The molecule has 0 aliphatic carbocycles. The van der Waals surface area contributed by atoms with Crippen molar-refractivity contribution < 1.29 is 19.1 Å². The first-order chi connectivity index (χ1) is 11.3. The second kappa shape index (κ2) is 7.23. The summed E-state index contributed by atoms with van der Waals surface area (Å²) in [6.45, 7) is 5.31. The molecule has 0 fully saturated rings. The van der Waals surface area contributed by atoms with Gasteiger partial charge in [0.2, 0.25) is 11.7 Å². The Morgan fingerprint density at radius 3 is 2.50 bits per heavy atom. The van der Waals surface area contributed by atoms with Gasteiger partial charge in [-0.15, -0.1) is 0 Å². The van der Waals surface area contributed by atoms with E-state index in [4.69, 9.17) is 32.7 Å². The normalized spacial score (nSPS) is 10.6. The average molecular weight is 371 g/mol. The van der Waals surface area contributed by atoms with Crippen molar-refractivity contribution in [1.82, 2.24) is 9.78 Å². The number of ketones is 1. The van der Waals surface area contributed by atoms with Gasteiger partial charge in [0, 0.05) is 17.6 Å². The Labute approximate surface area is 149 Å². The van der Waals surface area contributed by atoms with Crippen LogP contribution in [0, 0.1) is 13.8 Å². The van der Waals surface area contributed by atoms with E-state index in [0.29, 0.717) is 10.6 Å². The van der Waals surface area contributed by atoms with Crippen molar-refractivity contribution >= 4 is 35.1 Å². The quantitative estimate of drug-likeness (QED) is 0.598. The number of carbonyl (C=O) groups is 2. The van der Waals surface area contributed by atoms with Crippen LogP contribution in [-0.2, 0) is 11.8 Å². The lowest BCUT2D eigenvalue weighted by Crippen LogP contribution is -2.15. The number of aryl methyl sites for hydroxylation is 2. The Balaban J connectivity index is 2.47. The molecule has 0 aliphatic rings. The molecule has 0 radical (unpaired) electrons. The van der Waals surface area contributed by atoms with Crippen molar-refractivity contribution in [2.24, 2.45) is 7.05 Å². The third-order valence-corrected chi connectivity index (χ3v) is 4.49. The number of nitrogens with zero attached hydrogens (tertiary/aromatic N) is 2. The fraction of sp³-hybridized carbons (Fsp3) is 0.312. The topological polar surface area (TPSA) is 70.4 Å². The fourth-order valence-corrected chi connectivity index (χ4v) is 2.61. The van der Waals surface area contributed by atoms with Gasteiger partial charge in [0.25, 0.3) is 0 Å². The Morgan fingerprint density at radius 1 is 1.21 bits per heavy atom. The average Bonchev–Trinajstić information content (AvgIpc) is 2.89. The van der Waals surface area contributed by atoms with Gasteiger partial charge in [0.15, 0.2) is 0 Å². The van der Waals surface area contributed by atoms with Crippen molar-refractivity contribution in [3.63, 3.8) is 0 Å². The van der Waals surface area contributed by atoms with Gasteiger partial charge < -0.3 is 9.47 Å². The molecule has 0 bridgehead atoms. The zero-order valence-corrected chi connectivity index (χ0v) is 15.2. The number of ether oxygens (including phenoxy) is 2. The van der Waals surface area contributed by atoms with Gasteiger partial charge in [0.05, 0.1) is 17.8 Å². The van der Waals surface area contributed by atoms with Crippen LogP contribution in [0.2, 0.25) is 10.0 Å². The SMILES string of the molecule is CCOC(=O)Oc1c(C(=O)c2cc(C)c(Cl)c(C)c2Cl)cnn1C. The highest BCUT2D eigenvalue weighted by molar-refractivity contribution is 6.39. The molecular weight excluding hydrogens is 355 g/mol. The summed E-state index contributed by atoms with van der Waals surface area (Å²) in [6.07, 6.45) is 0.400. The molecular formula is C16H16Cl2N2O4. The first kappa shape index (κ1) is 18.3. The van der Waals surface area contributed by atoms with E-state index in [1.54, 1.807) is 33.9 Å². The van der Waals surface area contributed by atoms with Gasteiger partial charge in [-0.1, -0.05) is 23.2 Å². The molecule has 0 N–H and O–H groups in total. The van der Waals surface area contributed by atoms with Crippen LogP contribution in [0.1, 0.15) is 34.0 Å². The van der Waals surface area contributed by atoms with Crippen LogP contribution in [-0.4, -0.2) is 28.3 Å². The van der Waals surface area contributed by atoms with E-state index in [1.807, 2.05) is 0 Å². The third kappa shape index (κ3) is 3.39. The van der Waals surface area contributed by atoms with Gasteiger partial charge in [-0.05, 0) is 38.0 Å². The van der Waals surface area contributed by atoms with Crippen molar-refractivity contribution in [1.29, 1.82) is 0 Å². The maximum Gasteiger partial charge on any atom is 0.515 e. The van der Waals surface area contributed by atoms with Crippen molar-refractivity contribution in [2.75, 3.05) is 6.61 Å². The largest absolute Gasteiger partial charge is 0.515 e. The highest BCUT2D eigenvalue weighted by Crippen LogP contribution is 2.33. The molecule has 2 rings (SSSR count). The minimum absolute atomic E-state index is 0.0141. The molecule has 6 nitrogen and oxygen atoms in total. The number of rotatable bonds is 4. The summed E-state index contributed by atoms with van der Waals surface area (Å²) in [5.74, 6) is -0.435. The van der Waals surface area contributed by atoms with Crippen LogP contribution in [0.5, 0.6) is 5.88 Å². The number of halogens is 2. The summed E-state index contributed by atoms with van der Waals surface area (Å²) in [4.78, 5) is 24.4. The molecule has 0 saturated heterocycles. The zero-order chi connectivity index (χ0) is 18.0. The second-order valence-corrected chi connectivity index (χ2v) is 5.85. The van der Waals surface area contributed by atoms with Crippen molar-refractivity contribution in [2.45, 2.75) is 20.8 Å². The summed E-state index contributed by atoms with van der Waals surface area (Å²) < 4.78 is 11.1. The van der Waals surface area contributed by atoms with E-state index in [2.05, 4.69) is 5.10 Å². The number of hydrogen-bond donors (Lipinski definition) is 0. The molecule has 1 heterocycles. The lowest BCUT2D eigenvalue weighted by molar-refractivity contribution is 0.0981. The molecule has 128 valence electrons. The minimum atomic E-state index is -0.912. The van der Waals surface area contributed by atoms with E-state index in [9.17, 15) is 9.59 Å². The molecule has 0 unspecified atom stereocenters. The van der Waals surface area contributed by atoms with Crippen LogP contribution in [0.25, 0.3) is 0 Å². The predicted molar refractivity (Wildman–Crippen MR) is 90.2 cm³/mol. The highest BCUT2D eigenvalue weighted by atomic mass is 35.5. The van der Waals surface area contributed by atoms with Crippen LogP contribution < -0.4 is 4.74 Å². The molecule has 1 aromatic carbocycles. The van der Waals surface area contributed by atoms with E-state index >= 15 is 0 Å². The van der Waals surface area contributed by atoms with Crippen LogP contribution in [0.3, 0.4) is 0 Å². The number of benzene rings is 1. The minimum Gasteiger partial charge on any atom is -0.434 e. The molecule has 8 heteroatoms. The summed E-state index contributed by atoms with van der Waals surface area (Å²) >= 11 is 12.4. The van der Waals surface area contributed by atoms with Gasteiger partial charge in [-0.3, -0.25) is 4.79 Å². The van der Waals surface area contributed by atoms with Gasteiger partial charge in [0.1, 0.15) is 5.56 Å². The van der Waals surface area contributed by atoms with Crippen LogP contribution in [0.4, 0.5) is 4.79 Å². The van der Waals surface area contributed by atoms with Gasteiger partial charge in [-0.25, -0.2) is 9.48 Å². The predicted octanol–water partition coefficient (Wildman–Crippen LogP) is 4.11. The summed E-state index contributed by atoms with van der Waals surface area (Å²) in [5.41, 5.74) is 1.70. The third-order valence-electron chi connectivity index (χ3n) is 3.42. The van der Waals surface area contributed by atoms with Crippen molar-refractivity contribution in [3.8, 4) is 5.88 Å². The maximum absolute atomic E-state index is 12.8. The monoisotopic (exact) mass is 370 g/mol.